The van der Waals surface area contributed by atoms with Gasteiger partial charge < -0.3 is 15.0 Å². The quantitative estimate of drug-likeness (QED) is 0.647. The molecule has 4 rings (SSSR count). The average molecular weight is 486 g/mol. The number of ether oxygens (including phenoxy) is 1. The predicted octanol–water partition coefficient (Wildman–Crippen LogP) is 1.83. The van der Waals surface area contributed by atoms with Gasteiger partial charge in [0.05, 0.1) is 17.1 Å². The van der Waals surface area contributed by atoms with Crippen LogP contribution >= 0.6 is 0 Å². The van der Waals surface area contributed by atoms with E-state index in [1.165, 1.54) is 30.4 Å². The molecule has 0 spiro atoms. The molecular weight excluding hydrogens is 458 g/mol. The maximum Gasteiger partial charge on any atom is 0.262 e. The molecule has 0 aliphatic carbocycles. The summed E-state index contributed by atoms with van der Waals surface area (Å²) < 4.78 is 33.4. The number of likely N-dealkylation sites (N-methyl/N-ethyl adjacent to an activating group) is 1. The summed E-state index contributed by atoms with van der Waals surface area (Å²) in [4.78, 5) is 39.0. The van der Waals surface area contributed by atoms with Crippen molar-refractivity contribution in [3.8, 4) is 5.75 Å². The van der Waals surface area contributed by atoms with E-state index < -0.39 is 16.1 Å². The van der Waals surface area contributed by atoms with Gasteiger partial charge in [-0.3, -0.25) is 14.4 Å². The van der Waals surface area contributed by atoms with Crippen LogP contribution in [0.25, 0.3) is 0 Å². The molecule has 1 atom stereocenters. The van der Waals surface area contributed by atoms with Crippen LogP contribution < -0.4 is 15.0 Å². The highest BCUT2D eigenvalue weighted by molar-refractivity contribution is 7.89. The van der Waals surface area contributed by atoms with E-state index >= 15 is 0 Å². The van der Waals surface area contributed by atoms with E-state index in [-0.39, 0.29) is 48.0 Å². The molecule has 9 nitrogen and oxygen atoms in total. The van der Waals surface area contributed by atoms with Crippen molar-refractivity contribution < 1.29 is 27.5 Å². The molecule has 0 radical (unpaired) electrons. The van der Waals surface area contributed by atoms with Crippen LogP contribution in [0.3, 0.4) is 0 Å². The van der Waals surface area contributed by atoms with E-state index in [1.807, 2.05) is 0 Å². The maximum absolute atomic E-state index is 13.5. The number of rotatable bonds is 5. The number of carbonyl (C=O) groups excluding carboxylic acids is 3. The number of para-hydroxylation sites is 2. The molecule has 2 heterocycles. The van der Waals surface area contributed by atoms with E-state index in [9.17, 15) is 22.8 Å². The van der Waals surface area contributed by atoms with Crippen LogP contribution in [-0.4, -0.2) is 63.1 Å². The third-order valence-electron chi connectivity index (χ3n) is 6.26. The number of piperidine rings is 1. The molecule has 0 saturated carbocycles. The Morgan fingerprint density at radius 2 is 1.74 bits per heavy atom. The molecule has 0 unspecified atom stereocenters. The third kappa shape index (κ3) is 4.55. The molecular formula is C24H27N3O6S. The van der Waals surface area contributed by atoms with Crippen LogP contribution in [0, 0.1) is 5.92 Å². The van der Waals surface area contributed by atoms with Crippen molar-refractivity contribution in [1.82, 2.24) is 9.62 Å². The van der Waals surface area contributed by atoms with Crippen LogP contribution in [0.5, 0.6) is 5.75 Å². The van der Waals surface area contributed by atoms with Crippen LogP contribution in [0.15, 0.2) is 53.4 Å². The molecule has 2 aromatic rings. The second kappa shape index (κ2) is 9.55. The first-order valence-electron chi connectivity index (χ1n) is 11.1. The zero-order valence-electron chi connectivity index (χ0n) is 19.1. The number of nitrogens with zero attached hydrogens (tertiary/aromatic N) is 2. The Morgan fingerprint density at radius 3 is 2.41 bits per heavy atom. The minimum Gasteiger partial charge on any atom is -0.477 e. The number of amides is 2. The second-order valence-corrected chi connectivity index (χ2v) is 10.3. The lowest BCUT2D eigenvalue weighted by Gasteiger charge is -2.38. The lowest BCUT2D eigenvalue weighted by atomic mass is 9.95. The van der Waals surface area contributed by atoms with Gasteiger partial charge in [0.2, 0.25) is 15.9 Å². The summed E-state index contributed by atoms with van der Waals surface area (Å²) in [6, 6.07) is 13.1. The van der Waals surface area contributed by atoms with Crippen molar-refractivity contribution in [2.45, 2.75) is 30.8 Å². The highest BCUT2D eigenvalue weighted by Gasteiger charge is 2.38. The number of fused-ring (bicyclic) bond motifs is 1. The summed E-state index contributed by atoms with van der Waals surface area (Å²) in [5.74, 6) is -0.601. The van der Waals surface area contributed by atoms with Gasteiger partial charge in [0.25, 0.3) is 5.91 Å². The van der Waals surface area contributed by atoms with Crippen LogP contribution in [0.2, 0.25) is 0 Å². The van der Waals surface area contributed by atoms with Crippen molar-refractivity contribution in [3.63, 3.8) is 0 Å². The third-order valence-corrected chi connectivity index (χ3v) is 8.15. The SMILES string of the molecule is CNC(=O)[C@H]1CN(C(=O)C2CCN(S(=O)(=O)c3cccc(C(C)=O)c3)CC2)c2ccccc2O1. The summed E-state index contributed by atoms with van der Waals surface area (Å²) >= 11 is 0. The Balaban J connectivity index is 1.49. The fourth-order valence-electron chi connectivity index (χ4n) is 4.33. The Kier molecular flexibility index (Phi) is 6.72. The van der Waals surface area contributed by atoms with Gasteiger partial charge in [-0.05, 0) is 44.0 Å². The van der Waals surface area contributed by atoms with Gasteiger partial charge in [-0.15, -0.1) is 0 Å². The van der Waals surface area contributed by atoms with Gasteiger partial charge >= 0.3 is 0 Å². The molecule has 2 aliphatic heterocycles. The van der Waals surface area contributed by atoms with E-state index in [4.69, 9.17) is 4.74 Å². The summed E-state index contributed by atoms with van der Waals surface area (Å²) in [6.07, 6.45) is -0.110. The minimum absolute atomic E-state index is 0.0699. The predicted molar refractivity (Wildman–Crippen MR) is 125 cm³/mol. The fraction of sp³-hybridized carbons (Fsp3) is 0.375. The first kappa shape index (κ1) is 23.9. The molecule has 10 heteroatoms. The van der Waals surface area contributed by atoms with Gasteiger partial charge in [-0.1, -0.05) is 24.3 Å². The van der Waals surface area contributed by atoms with E-state index in [0.717, 1.165) is 0 Å². The van der Waals surface area contributed by atoms with E-state index in [1.54, 1.807) is 41.3 Å². The van der Waals surface area contributed by atoms with Crippen molar-refractivity contribution in [1.29, 1.82) is 0 Å². The number of sulfonamides is 1. The largest absolute Gasteiger partial charge is 0.477 e. The second-order valence-electron chi connectivity index (χ2n) is 8.40. The van der Waals surface area contributed by atoms with E-state index in [0.29, 0.717) is 29.8 Å². The number of anilines is 1. The van der Waals surface area contributed by atoms with Gasteiger partial charge in [0.1, 0.15) is 5.75 Å². The maximum atomic E-state index is 13.5. The number of ketones is 1. The summed E-state index contributed by atoms with van der Waals surface area (Å²) in [5, 5.41) is 2.56. The van der Waals surface area contributed by atoms with E-state index in [2.05, 4.69) is 5.32 Å². The molecule has 180 valence electrons. The first-order chi connectivity index (χ1) is 16.2. The highest BCUT2D eigenvalue weighted by atomic mass is 32.2. The van der Waals surface area contributed by atoms with Crippen LogP contribution in [0.1, 0.15) is 30.1 Å². The molecule has 2 aliphatic rings. The Labute approximate surface area is 198 Å². The zero-order chi connectivity index (χ0) is 24.5. The number of nitrogens with one attached hydrogen (secondary N) is 1. The number of benzene rings is 2. The van der Waals surface area contributed by atoms with Gasteiger partial charge in [0.15, 0.2) is 11.9 Å². The van der Waals surface area contributed by atoms with Crippen molar-refractivity contribution in [2.75, 3.05) is 31.6 Å². The van der Waals surface area contributed by atoms with Crippen molar-refractivity contribution >= 4 is 33.3 Å². The summed E-state index contributed by atoms with van der Waals surface area (Å²) in [6.45, 7) is 1.86. The molecule has 0 bridgehead atoms. The smallest absolute Gasteiger partial charge is 0.262 e. The van der Waals surface area contributed by atoms with Crippen LogP contribution in [0.4, 0.5) is 5.69 Å². The van der Waals surface area contributed by atoms with Crippen molar-refractivity contribution in [2.24, 2.45) is 5.92 Å². The lowest BCUT2D eigenvalue weighted by Crippen LogP contribution is -2.52. The average Bonchev–Trinajstić information content (AvgIpc) is 2.87. The Bertz CT molecular complexity index is 1220. The monoisotopic (exact) mass is 485 g/mol. The van der Waals surface area contributed by atoms with Crippen molar-refractivity contribution in [3.05, 3.63) is 54.1 Å². The molecule has 0 aromatic heterocycles. The Hall–Kier alpha value is -3.24. The summed E-state index contributed by atoms with van der Waals surface area (Å²) in [5.41, 5.74) is 0.937. The minimum atomic E-state index is -3.78. The topological polar surface area (TPSA) is 113 Å². The summed E-state index contributed by atoms with van der Waals surface area (Å²) in [7, 11) is -2.27. The standard InChI is InChI=1S/C24H27N3O6S/c1-16(28)18-6-5-7-19(14-18)34(31,32)26-12-10-17(11-13-26)24(30)27-15-22(23(29)25-2)33-21-9-4-3-8-20(21)27/h3-9,14,17,22H,10-13,15H2,1-2H3,(H,25,29)/t22-/m1/s1. The molecule has 1 fully saturated rings. The number of hydrogen-bond acceptors (Lipinski definition) is 6. The molecule has 2 amide bonds. The van der Waals surface area contributed by atoms with Gasteiger partial charge in [0, 0.05) is 31.6 Å². The number of hydrogen-bond donors (Lipinski definition) is 1. The van der Waals surface area contributed by atoms with Gasteiger partial charge in [-0.2, -0.15) is 4.31 Å². The zero-order valence-corrected chi connectivity index (χ0v) is 19.9. The molecule has 1 N–H and O–H groups in total. The van der Waals surface area contributed by atoms with Gasteiger partial charge in [-0.25, -0.2) is 8.42 Å². The number of Topliss-reactive ketones (excluding diaryl/α,β-unsaturated/α-hetero) is 1. The highest BCUT2D eigenvalue weighted by Crippen LogP contribution is 2.35. The number of carbonyl (C=O) groups is 3. The van der Waals surface area contributed by atoms with Crippen LogP contribution in [-0.2, 0) is 19.6 Å². The molecule has 2 aromatic carbocycles. The first-order valence-corrected chi connectivity index (χ1v) is 12.6. The lowest BCUT2D eigenvalue weighted by molar-refractivity contribution is -0.128. The normalized spacial score (nSPS) is 19.1. The molecule has 34 heavy (non-hydrogen) atoms. The Morgan fingerprint density at radius 1 is 1.03 bits per heavy atom. The fourth-order valence-corrected chi connectivity index (χ4v) is 5.84. The molecule has 1 saturated heterocycles.